The van der Waals surface area contributed by atoms with Crippen LogP contribution in [0.4, 0.5) is 5.82 Å². The number of hydrogen-bond acceptors (Lipinski definition) is 6. The zero-order valence-electron chi connectivity index (χ0n) is 14.7. The normalized spacial score (nSPS) is 17.0. The first-order valence-electron chi connectivity index (χ1n) is 8.58. The van der Waals surface area contributed by atoms with Gasteiger partial charge in [0.1, 0.15) is 10.6 Å². The molecule has 0 bridgehead atoms. The number of halogens is 1. The van der Waals surface area contributed by atoms with E-state index in [1.165, 1.54) is 16.0 Å². The number of ether oxygens (including phenoxy) is 1. The minimum Gasteiger partial charge on any atom is -0.383 e. The van der Waals surface area contributed by atoms with Crippen LogP contribution in [0, 0.1) is 5.92 Å². The first kappa shape index (κ1) is 18.2. The van der Waals surface area contributed by atoms with Crippen molar-refractivity contribution >= 4 is 55.1 Å². The van der Waals surface area contributed by atoms with Gasteiger partial charge < -0.3 is 10.5 Å². The van der Waals surface area contributed by atoms with Gasteiger partial charge in [-0.3, -0.25) is 0 Å². The van der Waals surface area contributed by atoms with Crippen molar-refractivity contribution in [2.24, 2.45) is 5.92 Å². The lowest BCUT2D eigenvalue weighted by atomic mass is 9.96. The van der Waals surface area contributed by atoms with Crippen molar-refractivity contribution in [3.05, 3.63) is 44.7 Å². The predicted octanol–water partition coefficient (Wildman–Crippen LogP) is 5.43. The maximum Gasteiger partial charge on any atom is 0.191 e. The maximum atomic E-state index is 6.33. The molecule has 0 amide bonds. The predicted molar refractivity (Wildman–Crippen MR) is 113 cm³/mol. The lowest BCUT2D eigenvalue weighted by Gasteiger charge is -2.26. The number of nitrogen functional groups attached to an aromatic ring is 1. The molecule has 3 heterocycles. The van der Waals surface area contributed by atoms with Crippen molar-refractivity contribution in [2.75, 3.05) is 5.73 Å². The van der Waals surface area contributed by atoms with E-state index < -0.39 is 0 Å². The first-order chi connectivity index (χ1) is 12.5. The Morgan fingerprint density at radius 2 is 2.08 bits per heavy atom. The van der Waals surface area contributed by atoms with Crippen molar-refractivity contribution in [1.82, 2.24) is 9.97 Å². The summed E-state index contributed by atoms with van der Waals surface area (Å²) < 4.78 is 7.08. The van der Waals surface area contributed by atoms with Crippen LogP contribution < -0.4 is 5.73 Å². The van der Waals surface area contributed by atoms with Crippen LogP contribution >= 0.6 is 39.0 Å². The molecule has 1 aliphatic rings. The third-order valence-electron chi connectivity index (χ3n) is 4.60. The van der Waals surface area contributed by atoms with Gasteiger partial charge in [0.15, 0.2) is 5.16 Å². The second-order valence-corrected chi connectivity index (χ2v) is 9.73. The molecule has 1 aliphatic heterocycles. The minimum absolute atomic E-state index is 0.242. The molecule has 26 heavy (non-hydrogen) atoms. The number of nitrogens with zero attached hydrogens (tertiary/aromatic N) is 2. The third kappa shape index (κ3) is 3.63. The van der Waals surface area contributed by atoms with Gasteiger partial charge in [0.25, 0.3) is 0 Å². The number of benzene rings is 1. The van der Waals surface area contributed by atoms with E-state index in [1.54, 1.807) is 23.1 Å². The quantitative estimate of drug-likeness (QED) is 0.425. The lowest BCUT2D eigenvalue weighted by Crippen LogP contribution is -2.26. The summed E-state index contributed by atoms with van der Waals surface area (Å²) in [7, 11) is 0. The maximum absolute atomic E-state index is 6.33. The minimum atomic E-state index is 0.242. The molecule has 0 aliphatic carbocycles. The van der Waals surface area contributed by atoms with E-state index in [4.69, 9.17) is 15.5 Å². The number of nitrogens with two attached hydrogens (primary N) is 1. The van der Waals surface area contributed by atoms with Crippen molar-refractivity contribution in [3.8, 4) is 0 Å². The van der Waals surface area contributed by atoms with Gasteiger partial charge in [-0.1, -0.05) is 53.7 Å². The van der Waals surface area contributed by atoms with E-state index in [9.17, 15) is 0 Å². The summed E-state index contributed by atoms with van der Waals surface area (Å²) in [6, 6.07) is 8.30. The summed E-state index contributed by atoms with van der Waals surface area (Å²) >= 11 is 6.77. The van der Waals surface area contributed by atoms with Crippen LogP contribution in [0.25, 0.3) is 10.2 Å². The molecule has 0 saturated carbocycles. The van der Waals surface area contributed by atoms with Gasteiger partial charge in [0, 0.05) is 21.5 Å². The van der Waals surface area contributed by atoms with Gasteiger partial charge in [0.05, 0.1) is 18.1 Å². The fourth-order valence-electron chi connectivity index (χ4n) is 3.11. The average Bonchev–Trinajstić information content (AvgIpc) is 2.99. The number of anilines is 1. The molecule has 4 rings (SSSR count). The SMILES string of the molecule is CC(C)C1Cc2c(sc3nc(SCc4ccc(Br)cc4)nc(N)c23)CO1. The van der Waals surface area contributed by atoms with Crippen LogP contribution in [0.5, 0.6) is 0 Å². The van der Waals surface area contributed by atoms with Gasteiger partial charge in [-0.15, -0.1) is 11.3 Å². The molecule has 1 aromatic carbocycles. The molecule has 0 radical (unpaired) electrons. The molecular formula is C19H20BrN3OS2. The molecule has 136 valence electrons. The highest BCUT2D eigenvalue weighted by Gasteiger charge is 2.27. The molecule has 0 spiro atoms. The fraction of sp³-hybridized carbons (Fsp3) is 0.368. The number of hydrogen-bond donors (Lipinski definition) is 1. The van der Waals surface area contributed by atoms with Gasteiger partial charge in [-0.05, 0) is 29.2 Å². The molecule has 1 unspecified atom stereocenters. The molecule has 1 atom stereocenters. The highest BCUT2D eigenvalue weighted by atomic mass is 79.9. The molecule has 0 saturated heterocycles. The van der Waals surface area contributed by atoms with Gasteiger partial charge in [0.2, 0.25) is 0 Å². The molecule has 3 aromatic rings. The summed E-state index contributed by atoms with van der Waals surface area (Å²) in [5, 5.41) is 1.77. The monoisotopic (exact) mass is 449 g/mol. The zero-order valence-corrected chi connectivity index (χ0v) is 17.9. The molecule has 0 fully saturated rings. The third-order valence-corrected chi connectivity index (χ3v) is 7.15. The Hall–Kier alpha value is -1.15. The Bertz CT molecular complexity index is 940. The van der Waals surface area contributed by atoms with E-state index in [2.05, 4.69) is 46.9 Å². The highest BCUT2D eigenvalue weighted by molar-refractivity contribution is 9.10. The van der Waals surface area contributed by atoms with Crippen molar-refractivity contribution in [2.45, 2.75) is 43.9 Å². The van der Waals surface area contributed by atoms with E-state index in [-0.39, 0.29) is 6.10 Å². The van der Waals surface area contributed by atoms with Crippen LogP contribution in [0.3, 0.4) is 0 Å². The average molecular weight is 450 g/mol. The fourth-order valence-corrected chi connectivity index (χ4v) is 5.37. The highest BCUT2D eigenvalue weighted by Crippen LogP contribution is 2.39. The van der Waals surface area contributed by atoms with Gasteiger partial charge in [-0.2, -0.15) is 0 Å². The number of fused-ring (bicyclic) bond motifs is 3. The Morgan fingerprint density at radius 1 is 1.31 bits per heavy atom. The van der Waals surface area contributed by atoms with Crippen LogP contribution in [0.15, 0.2) is 33.9 Å². The summed E-state index contributed by atoms with van der Waals surface area (Å²) in [6.45, 7) is 5.04. The Kier molecular flexibility index (Phi) is 5.23. The topological polar surface area (TPSA) is 61.0 Å². The molecular weight excluding hydrogens is 430 g/mol. The van der Waals surface area contributed by atoms with Gasteiger partial charge in [-0.25, -0.2) is 9.97 Å². The largest absolute Gasteiger partial charge is 0.383 e. The Balaban J connectivity index is 1.60. The second-order valence-electron chi connectivity index (χ2n) is 6.79. The van der Waals surface area contributed by atoms with Gasteiger partial charge >= 0.3 is 0 Å². The number of thioether (sulfide) groups is 1. The van der Waals surface area contributed by atoms with Crippen molar-refractivity contribution in [1.29, 1.82) is 0 Å². The van der Waals surface area contributed by atoms with E-state index in [0.29, 0.717) is 18.3 Å². The summed E-state index contributed by atoms with van der Waals surface area (Å²) in [5.74, 6) is 1.90. The lowest BCUT2D eigenvalue weighted by molar-refractivity contribution is 0.00203. The van der Waals surface area contributed by atoms with Crippen LogP contribution in [0.2, 0.25) is 0 Å². The molecule has 2 N–H and O–H groups in total. The van der Waals surface area contributed by atoms with Crippen LogP contribution in [-0.4, -0.2) is 16.1 Å². The van der Waals surface area contributed by atoms with Crippen molar-refractivity contribution < 1.29 is 4.74 Å². The zero-order chi connectivity index (χ0) is 18.3. The standard InChI is InChI=1S/C19H20BrN3OS2/c1-10(2)14-7-13-15(8-24-14)26-18-16(13)17(21)22-19(23-18)25-9-11-3-5-12(20)6-4-11/h3-6,10,14H,7-9H2,1-2H3,(H2,21,22,23). The van der Waals surface area contributed by atoms with E-state index in [1.807, 2.05) is 12.1 Å². The molecule has 2 aromatic heterocycles. The molecule has 4 nitrogen and oxygen atoms in total. The van der Waals surface area contributed by atoms with E-state index >= 15 is 0 Å². The molecule has 7 heteroatoms. The number of rotatable bonds is 4. The summed E-state index contributed by atoms with van der Waals surface area (Å²) in [4.78, 5) is 11.6. The Labute approximate surface area is 169 Å². The van der Waals surface area contributed by atoms with Crippen molar-refractivity contribution in [3.63, 3.8) is 0 Å². The van der Waals surface area contributed by atoms with Crippen LogP contribution in [0.1, 0.15) is 29.9 Å². The van der Waals surface area contributed by atoms with Crippen LogP contribution in [-0.2, 0) is 23.5 Å². The number of aromatic nitrogens is 2. The Morgan fingerprint density at radius 3 is 2.81 bits per heavy atom. The first-order valence-corrected chi connectivity index (χ1v) is 11.2. The second kappa shape index (κ2) is 7.46. The smallest absolute Gasteiger partial charge is 0.191 e. The number of thiophene rings is 1. The summed E-state index contributed by atoms with van der Waals surface area (Å²) in [5.41, 5.74) is 8.86. The summed E-state index contributed by atoms with van der Waals surface area (Å²) in [6.07, 6.45) is 1.14. The van der Waals surface area contributed by atoms with E-state index in [0.717, 1.165) is 32.0 Å².